The van der Waals surface area contributed by atoms with Crippen molar-refractivity contribution in [2.75, 3.05) is 12.4 Å². The molecule has 4 nitrogen and oxygen atoms in total. The van der Waals surface area contributed by atoms with Crippen LogP contribution >= 0.6 is 0 Å². The highest BCUT2D eigenvalue weighted by Crippen LogP contribution is 2.30. The molecule has 0 bridgehead atoms. The van der Waals surface area contributed by atoms with E-state index in [1.165, 1.54) is 0 Å². The zero-order chi connectivity index (χ0) is 17.2. The molecule has 4 heteroatoms. The second-order valence-electron chi connectivity index (χ2n) is 5.87. The summed E-state index contributed by atoms with van der Waals surface area (Å²) in [5.74, 6) is 0.672. The SMILES string of the molecule is COc1ccc(NC(=O)Cc2coc3ccc4ccccc4c23)cc1. The molecule has 0 spiro atoms. The Morgan fingerprint density at radius 1 is 1.04 bits per heavy atom. The highest BCUT2D eigenvalue weighted by Gasteiger charge is 2.13. The maximum absolute atomic E-state index is 12.4. The van der Waals surface area contributed by atoms with Gasteiger partial charge >= 0.3 is 0 Å². The van der Waals surface area contributed by atoms with Crippen molar-refractivity contribution in [3.63, 3.8) is 0 Å². The number of furan rings is 1. The predicted octanol–water partition coefficient (Wildman–Crippen LogP) is 4.78. The zero-order valence-corrected chi connectivity index (χ0v) is 13.8. The van der Waals surface area contributed by atoms with Crippen LogP contribution in [0.3, 0.4) is 0 Å². The normalized spacial score (nSPS) is 10.9. The fourth-order valence-electron chi connectivity index (χ4n) is 3.06. The Morgan fingerprint density at radius 2 is 1.84 bits per heavy atom. The van der Waals surface area contributed by atoms with Crippen molar-refractivity contribution in [3.05, 3.63) is 72.5 Å². The molecule has 1 aromatic heterocycles. The van der Waals surface area contributed by atoms with Crippen LogP contribution in [0.4, 0.5) is 5.69 Å². The van der Waals surface area contributed by atoms with Crippen LogP contribution in [0.15, 0.2) is 71.3 Å². The van der Waals surface area contributed by atoms with Gasteiger partial charge in [-0.25, -0.2) is 0 Å². The molecule has 0 atom stereocenters. The molecule has 0 aliphatic heterocycles. The van der Waals surface area contributed by atoms with Crippen LogP contribution in [-0.4, -0.2) is 13.0 Å². The standard InChI is InChI=1S/C21H17NO3/c1-24-17-9-7-16(8-10-17)22-20(23)12-15-13-25-19-11-6-14-4-2-3-5-18(14)21(15)19/h2-11,13H,12H2,1H3,(H,22,23). The molecule has 0 saturated heterocycles. The molecule has 1 heterocycles. The van der Waals surface area contributed by atoms with Crippen LogP contribution in [0.25, 0.3) is 21.7 Å². The molecule has 0 radical (unpaired) electrons. The topological polar surface area (TPSA) is 51.5 Å². The second-order valence-corrected chi connectivity index (χ2v) is 5.87. The second kappa shape index (κ2) is 6.32. The first-order valence-corrected chi connectivity index (χ1v) is 8.06. The molecular weight excluding hydrogens is 314 g/mol. The lowest BCUT2D eigenvalue weighted by Crippen LogP contribution is -2.14. The molecular formula is C21H17NO3. The van der Waals surface area contributed by atoms with Crippen molar-refractivity contribution in [1.82, 2.24) is 0 Å². The molecule has 0 aliphatic rings. The Kier molecular flexibility index (Phi) is 3.86. The van der Waals surface area contributed by atoms with Crippen molar-refractivity contribution in [2.45, 2.75) is 6.42 Å². The Bertz CT molecular complexity index is 1050. The minimum Gasteiger partial charge on any atom is -0.497 e. The van der Waals surface area contributed by atoms with E-state index in [1.54, 1.807) is 13.4 Å². The maximum Gasteiger partial charge on any atom is 0.228 e. The summed E-state index contributed by atoms with van der Waals surface area (Å²) in [7, 11) is 1.61. The van der Waals surface area contributed by atoms with Gasteiger partial charge in [-0.15, -0.1) is 0 Å². The number of benzene rings is 3. The van der Waals surface area contributed by atoms with Gasteiger partial charge in [0.25, 0.3) is 0 Å². The molecule has 0 aliphatic carbocycles. The number of anilines is 1. The quantitative estimate of drug-likeness (QED) is 0.586. The average Bonchev–Trinajstić information content (AvgIpc) is 3.05. The van der Waals surface area contributed by atoms with Crippen LogP contribution in [-0.2, 0) is 11.2 Å². The summed E-state index contributed by atoms with van der Waals surface area (Å²) in [6.07, 6.45) is 1.93. The molecule has 0 unspecified atom stereocenters. The lowest BCUT2D eigenvalue weighted by atomic mass is 10.0. The fourth-order valence-corrected chi connectivity index (χ4v) is 3.06. The van der Waals surface area contributed by atoms with Crippen molar-refractivity contribution < 1.29 is 13.9 Å². The van der Waals surface area contributed by atoms with E-state index in [0.29, 0.717) is 0 Å². The fraction of sp³-hybridized carbons (Fsp3) is 0.0952. The smallest absolute Gasteiger partial charge is 0.228 e. The van der Waals surface area contributed by atoms with E-state index in [0.717, 1.165) is 38.7 Å². The van der Waals surface area contributed by atoms with Crippen molar-refractivity contribution in [1.29, 1.82) is 0 Å². The van der Waals surface area contributed by atoms with E-state index in [-0.39, 0.29) is 12.3 Å². The third-order valence-corrected chi connectivity index (χ3v) is 4.26. The monoisotopic (exact) mass is 331 g/mol. The molecule has 4 rings (SSSR count). The highest BCUT2D eigenvalue weighted by atomic mass is 16.5. The van der Waals surface area contributed by atoms with Gasteiger partial charge in [0, 0.05) is 16.6 Å². The van der Waals surface area contributed by atoms with E-state index in [9.17, 15) is 4.79 Å². The van der Waals surface area contributed by atoms with E-state index in [4.69, 9.17) is 9.15 Å². The largest absolute Gasteiger partial charge is 0.497 e. The van der Waals surface area contributed by atoms with Crippen LogP contribution < -0.4 is 10.1 Å². The summed E-state index contributed by atoms with van der Waals surface area (Å²) in [6, 6.07) is 19.4. The predicted molar refractivity (Wildman–Crippen MR) is 99.0 cm³/mol. The number of amides is 1. The van der Waals surface area contributed by atoms with Gasteiger partial charge < -0.3 is 14.5 Å². The van der Waals surface area contributed by atoms with Gasteiger partial charge in [0.15, 0.2) is 0 Å². The summed E-state index contributed by atoms with van der Waals surface area (Å²) < 4.78 is 10.8. The lowest BCUT2D eigenvalue weighted by molar-refractivity contribution is -0.115. The van der Waals surface area contributed by atoms with Crippen molar-refractivity contribution >= 4 is 33.3 Å². The van der Waals surface area contributed by atoms with Gasteiger partial charge in [-0.2, -0.15) is 0 Å². The maximum atomic E-state index is 12.4. The number of fused-ring (bicyclic) bond motifs is 3. The average molecular weight is 331 g/mol. The summed E-state index contributed by atoms with van der Waals surface area (Å²) in [5.41, 5.74) is 2.42. The number of hydrogen-bond donors (Lipinski definition) is 1. The highest BCUT2D eigenvalue weighted by molar-refractivity contribution is 6.09. The van der Waals surface area contributed by atoms with Crippen molar-refractivity contribution in [3.8, 4) is 5.75 Å². The van der Waals surface area contributed by atoms with Gasteiger partial charge in [0.2, 0.25) is 5.91 Å². The van der Waals surface area contributed by atoms with E-state index in [1.807, 2.05) is 48.5 Å². The van der Waals surface area contributed by atoms with Gasteiger partial charge in [0.05, 0.1) is 19.8 Å². The molecule has 4 aromatic rings. The first-order chi connectivity index (χ1) is 12.2. The molecule has 0 saturated carbocycles. The number of carbonyl (C=O) groups excluding carboxylic acids is 1. The van der Waals surface area contributed by atoms with Crippen LogP contribution in [0, 0.1) is 0 Å². The summed E-state index contributed by atoms with van der Waals surface area (Å²) in [4.78, 5) is 12.4. The molecule has 0 fully saturated rings. The Labute approximate surface area is 145 Å². The molecule has 1 amide bonds. The summed E-state index contributed by atoms with van der Waals surface area (Å²) in [5, 5.41) is 6.14. The Morgan fingerprint density at radius 3 is 2.64 bits per heavy atom. The summed E-state index contributed by atoms with van der Waals surface area (Å²) in [6.45, 7) is 0. The van der Waals surface area contributed by atoms with Crippen LogP contribution in [0.1, 0.15) is 5.56 Å². The minimum absolute atomic E-state index is 0.0826. The van der Waals surface area contributed by atoms with Gasteiger partial charge in [-0.1, -0.05) is 30.3 Å². The molecule has 124 valence electrons. The van der Waals surface area contributed by atoms with Gasteiger partial charge in [-0.3, -0.25) is 4.79 Å². The van der Waals surface area contributed by atoms with E-state index in [2.05, 4.69) is 17.4 Å². The minimum atomic E-state index is -0.0826. The van der Waals surface area contributed by atoms with Gasteiger partial charge in [-0.05, 0) is 41.1 Å². The molecule has 25 heavy (non-hydrogen) atoms. The van der Waals surface area contributed by atoms with Crippen molar-refractivity contribution in [2.24, 2.45) is 0 Å². The number of hydrogen-bond acceptors (Lipinski definition) is 3. The molecule has 1 N–H and O–H groups in total. The Balaban J connectivity index is 1.61. The Hall–Kier alpha value is -3.27. The number of nitrogens with one attached hydrogen (secondary N) is 1. The zero-order valence-electron chi connectivity index (χ0n) is 13.8. The number of methoxy groups -OCH3 is 1. The number of ether oxygens (including phenoxy) is 1. The summed E-state index contributed by atoms with van der Waals surface area (Å²) >= 11 is 0. The lowest BCUT2D eigenvalue weighted by Gasteiger charge is -2.06. The number of carbonyl (C=O) groups is 1. The third-order valence-electron chi connectivity index (χ3n) is 4.26. The van der Waals surface area contributed by atoms with E-state index >= 15 is 0 Å². The van der Waals surface area contributed by atoms with Gasteiger partial charge in [0.1, 0.15) is 11.3 Å². The van der Waals surface area contributed by atoms with E-state index < -0.39 is 0 Å². The number of rotatable bonds is 4. The third kappa shape index (κ3) is 2.94. The van der Waals surface area contributed by atoms with Crippen LogP contribution in [0.5, 0.6) is 5.75 Å². The molecule has 3 aromatic carbocycles. The van der Waals surface area contributed by atoms with Crippen LogP contribution in [0.2, 0.25) is 0 Å². The first kappa shape index (κ1) is 15.3. The first-order valence-electron chi connectivity index (χ1n) is 8.06.